The average molecular weight is 464 g/mol. The summed E-state index contributed by atoms with van der Waals surface area (Å²) >= 11 is 2.86. The number of thiazole rings is 1. The van der Waals surface area contributed by atoms with Gasteiger partial charge in [0.2, 0.25) is 5.91 Å². The van der Waals surface area contributed by atoms with Gasteiger partial charge in [-0.3, -0.25) is 9.69 Å². The first-order valence-corrected chi connectivity index (χ1v) is 12.2. The van der Waals surface area contributed by atoms with Crippen LogP contribution >= 0.6 is 23.1 Å². The van der Waals surface area contributed by atoms with Crippen LogP contribution < -0.4 is 4.90 Å². The zero-order valence-electron chi connectivity index (χ0n) is 18.5. The maximum absolute atomic E-state index is 13.4. The summed E-state index contributed by atoms with van der Waals surface area (Å²) in [5.41, 5.74) is 5.00. The normalized spacial score (nSPS) is 11.2. The Balaban J connectivity index is 1.63. The van der Waals surface area contributed by atoms with Crippen LogP contribution in [-0.2, 0) is 4.79 Å². The minimum Gasteiger partial charge on any atom is -0.306 e. The van der Waals surface area contributed by atoms with Crippen LogP contribution in [0.1, 0.15) is 31.0 Å². The maximum atomic E-state index is 13.4. The van der Waals surface area contributed by atoms with Crippen LogP contribution in [0.4, 0.5) is 10.8 Å². The Bertz CT molecular complexity index is 1210. The quantitative estimate of drug-likeness (QED) is 0.312. The fraction of sp³-hybridized carbons (Fsp3) is 0.250. The zero-order valence-corrected chi connectivity index (χ0v) is 20.2. The van der Waals surface area contributed by atoms with Gasteiger partial charge in [0.05, 0.1) is 17.1 Å². The third-order valence-electron chi connectivity index (χ3n) is 4.96. The van der Waals surface area contributed by atoms with E-state index in [0.717, 1.165) is 27.7 Å². The van der Waals surface area contributed by atoms with E-state index in [0.29, 0.717) is 5.13 Å². The molecular formula is C24H25N5OS2. The minimum absolute atomic E-state index is 0.0521. The Hall–Kier alpha value is -2.97. The number of carbonyl (C=O) groups excluding carboxylic acids is 1. The molecule has 0 aliphatic rings. The van der Waals surface area contributed by atoms with Crippen molar-refractivity contribution in [3.05, 3.63) is 71.4 Å². The topological polar surface area (TPSA) is 63.9 Å². The highest BCUT2D eigenvalue weighted by Crippen LogP contribution is 2.34. The lowest BCUT2D eigenvalue weighted by atomic mass is 10.1. The number of benzene rings is 2. The van der Waals surface area contributed by atoms with Crippen molar-refractivity contribution in [1.29, 1.82) is 0 Å². The van der Waals surface area contributed by atoms with Gasteiger partial charge < -0.3 is 4.57 Å². The number of rotatable bonds is 7. The van der Waals surface area contributed by atoms with Crippen molar-refractivity contribution in [1.82, 2.24) is 19.7 Å². The highest BCUT2D eigenvalue weighted by atomic mass is 32.2. The van der Waals surface area contributed by atoms with Crippen LogP contribution in [0.15, 0.2) is 65.4 Å². The lowest BCUT2D eigenvalue weighted by Crippen LogP contribution is -2.27. The van der Waals surface area contributed by atoms with Crippen molar-refractivity contribution < 1.29 is 4.79 Å². The second-order valence-corrected chi connectivity index (χ2v) is 9.63. The molecule has 0 N–H and O–H groups in total. The van der Waals surface area contributed by atoms with Crippen molar-refractivity contribution in [2.24, 2.45) is 0 Å². The molecule has 2 aromatic carbocycles. The highest BCUT2D eigenvalue weighted by molar-refractivity contribution is 7.99. The molecule has 1 amide bonds. The molecule has 4 aromatic rings. The number of thioether (sulfide) groups is 1. The summed E-state index contributed by atoms with van der Waals surface area (Å²) < 4.78 is 1.97. The van der Waals surface area contributed by atoms with Gasteiger partial charge in [0.1, 0.15) is 6.33 Å². The van der Waals surface area contributed by atoms with Crippen LogP contribution in [0, 0.1) is 13.8 Å². The average Bonchev–Trinajstić information content (AvgIpc) is 3.43. The lowest BCUT2D eigenvalue weighted by Gasteiger charge is -2.20. The number of hydrogen-bond donors (Lipinski definition) is 0. The summed E-state index contributed by atoms with van der Waals surface area (Å²) in [5.74, 6) is 0.183. The Morgan fingerprint density at radius 2 is 1.91 bits per heavy atom. The predicted molar refractivity (Wildman–Crippen MR) is 132 cm³/mol. The Morgan fingerprint density at radius 3 is 2.62 bits per heavy atom. The monoisotopic (exact) mass is 463 g/mol. The molecule has 0 unspecified atom stereocenters. The van der Waals surface area contributed by atoms with Gasteiger partial charge >= 0.3 is 0 Å². The highest BCUT2D eigenvalue weighted by Gasteiger charge is 2.23. The first-order chi connectivity index (χ1) is 15.4. The van der Waals surface area contributed by atoms with E-state index in [2.05, 4.69) is 55.2 Å². The zero-order chi connectivity index (χ0) is 22.7. The molecular weight excluding hydrogens is 438 g/mol. The molecule has 0 aliphatic carbocycles. The smallest absolute Gasteiger partial charge is 0.243 e. The second kappa shape index (κ2) is 9.67. The first-order valence-electron chi connectivity index (χ1n) is 10.4. The summed E-state index contributed by atoms with van der Waals surface area (Å²) in [5, 5.41) is 11.6. The lowest BCUT2D eigenvalue weighted by molar-refractivity contribution is -0.115. The van der Waals surface area contributed by atoms with Crippen molar-refractivity contribution in [2.45, 2.75) is 38.9 Å². The van der Waals surface area contributed by atoms with Gasteiger partial charge in [-0.05, 0) is 45.4 Å². The molecule has 0 spiro atoms. The second-order valence-electron chi connectivity index (χ2n) is 7.85. The van der Waals surface area contributed by atoms with E-state index in [1.807, 2.05) is 41.1 Å². The van der Waals surface area contributed by atoms with Gasteiger partial charge in [0.15, 0.2) is 10.3 Å². The van der Waals surface area contributed by atoms with Gasteiger partial charge in [0.25, 0.3) is 0 Å². The molecule has 4 rings (SSSR count). The number of nitrogens with zero attached hydrogens (tertiary/aromatic N) is 5. The minimum atomic E-state index is -0.0521. The molecule has 0 saturated heterocycles. The third-order valence-corrected chi connectivity index (χ3v) is 6.73. The number of aryl methyl sites for hydroxylation is 2. The van der Waals surface area contributed by atoms with E-state index < -0.39 is 0 Å². The largest absolute Gasteiger partial charge is 0.306 e. The van der Waals surface area contributed by atoms with Crippen LogP contribution in [0.5, 0.6) is 0 Å². The number of carbonyl (C=O) groups is 1. The molecule has 0 fully saturated rings. The Morgan fingerprint density at radius 1 is 1.12 bits per heavy atom. The molecule has 8 heteroatoms. The number of anilines is 2. The van der Waals surface area contributed by atoms with E-state index in [-0.39, 0.29) is 17.7 Å². The molecule has 164 valence electrons. The summed E-state index contributed by atoms with van der Waals surface area (Å²) in [6.07, 6.45) is 1.70. The van der Waals surface area contributed by atoms with Crippen molar-refractivity contribution in [3.63, 3.8) is 0 Å². The van der Waals surface area contributed by atoms with Gasteiger partial charge in [-0.1, -0.05) is 53.7 Å². The number of aromatic nitrogens is 4. The SMILES string of the molecule is Cc1ccc(-c2csc(N(C(=O)CSc3nncn3C(C)C)c3cccc(C)c3)n2)cc1. The van der Waals surface area contributed by atoms with E-state index in [1.165, 1.54) is 28.7 Å². The fourth-order valence-electron chi connectivity index (χ4n) is 3.23. The van der Waals surface area contributed by atoms with Gasteiger partial charge in [-0.25, -0.2) is 4.98 Å². The molecule has 0 atom stereocenters. The van der Waals surface area contributed by atoms with Gasteiger partial charge in [0, 0.05) is 17.0 Å². The van der Waals surface area contributed by atoms with Crippen molar-refractivity contribution >= 4 is 39.8 Å². The van der Waals surface area contributed by atoms with E-state index in [9.17, 15) is 4.79 Å². The van der Waals surface area contributed by atoms with Crippen LogP contribution in [0.3, 0.4) is 0 Å². The summed E-state index contributed by atoms with van der Waals surface area (Å²) in [6.45, 7) is 8.21. The Labute approximate surface area is 196 Å². The summed E-state index contributed by atoms with van der Waals surface area (Å²) in [7, 11) is 0. The fourth-order valence-corrected chi connectivity index (χ4v) is 5.00. The first kappa shape index (κ1) is 22.2. The van der Waals surface area contributed by atoms with Gasteiger partial charge in [-0.15, -0.1) is 21.5 Å². The maximum Gasteiger partial charge on any atom is 0.243 e. The van der Waals surface area contributed by atoms with E-state index in [1.54, 1.807) is 11.2 Å². The predicted octanol–water partition coefficient (Wildman–Crippen LogP) is 6.06. The van der Waals surface area contributed by atoms with Crippen molar-refractivity contribution in [2.75, 3.05) is 10.7 Å². The molecule has 2 aromatic heterocycles. The molecule has 2 heterocycles. The van der Waals surface area contributed by atoms with Crippen LogP contribution in [0.25, 0.3) is 11.3 Å². The molecule has 0 radical (unpaired) electrons. The van der Waals surface area contributed by atoms with E-state index in [4.69, 9.17) is 4.98 Å². The standard InChI is InChI=1S/C24H25N5OS2/c1-16(2)28-15-25-27-24(28)32-14-22(30)29(20-7-5-6-18(4)12-20)23-26-21(13-31-23)19-10-8-17(3)9-11-19/h5-13,15-16H,14H2,1-4H3. The molecule has 6 nitrogen and oxygen atoms in total. The molecule has 0 saturated carbocycles. The number of amides is 1. The van der Waals surface area contributed by atoms with Crippen LogP contribution in [-0.4, -0.2) is 31.4 Å². The molecule has 32 heavy (non-hydrogen) atoms. The Kier molecular flexibility index (Phi) is 6.72. The van der Waals surface area contributed by atoms with Gasteiger partial charge in [-0.2, -0.15) is 0 Å². The summed E-state index contributed by atoms with van der Waals surface area (Å²) in [4.78, 5) is 20.0. The van der Waals surface area contributed by atoms with E-state index >= 15 is 0 Å². The van der Waals surface area contributed by atoms with Crippen molar-refractivity contribution in [3.8, 4) is 11.3 Å². The third kappa shape index (κ3) is 4.92. The summed E-state index contributed by atoms with van der Waals surface area (Å²) in [6, 6.07) is 16.4. The molecule has 0 aliphatic heterocycles. The molecule has 0 bridgehead atoms. The number of hydrogen-bond acceptors (Lipinski definition) is 6. The van der Waals surface area contributed by atoms with Crippen LogP contribution in [0.2, 0.25) is 0 Å².